The highest BCUT2D eigenvalue weighted by Crippen LogP contribution is 2.27. The molecule has 1 aromatic carbocycles. The van der Waals surface area contributed by atoms with Crippen LogP contribution in [0.4, 0.5) is 5.69 Å². The van der Waals surface area contributed by atoms with Gasteiger partial charge in [0.15, 0.2) is 9.84 Å². The molecule has 112 valence electrons. The monoisotopic (exact) mass is 300 g/mol. The van der Waals surface area contributed by atoms with Crippen molar-refractivity contribution in [1.82, 2.24) is 4.90 Å². The molecule has 0 aliphatic carbocycles. The maximum absolute atomic E-state index is 12.5. The van der Waals surface area contributed by atoms with E-state index in [4.69, 9.17) is 10.5 Å². The lowest BCUT2D eigenvalue weighted by atomic mass is 10.3. The first kappa shape index (κ1) is 16.3. The van der Waals surface area contributed by atoms with Crippen molar-refractivity contribution in [3.05, 3.63) is 18.2 Å². The van der Waals surface area contributed by atoms with E-state index in [0.717, 1.165) is 0 Å². The average molecular weight is 300 g/mol. The Kier molecular flexibility index (Phi) is 4.99. The summed E-state index contributed by atoms with van der Waals surface area (Å²) in [6, 6.07) is 4.41. The van der Waals surface area contributed by atoms with Crippen LogP contribution in [-0.2, 0) is 14.6 Å². The summed E-state index contributed by atoms with van der Waals surface area (Å²) >= 11 is 0. The predicted octanol–water partition coefficient (Wildman–Crippen LogP) is 0.918. The number of carbonyl (C=O) groups excluding carboxylic acids is 1. The molecule has 20 heavy (non-hydrogen) atoms. The zero-order valence-electron chi connectivity index (χ0n) is 12.1. The number of sulfone groups is 1. The molecule has 2 N–H and O–H groups in total. The Morgan fingerprint density at radius 2 is 2.00 bits per heavy atom. The molecule has 0 aliphatic heterocycles. The van der Waals surface area contributed by atoms with Crippen LogP contribution < -0.4 is 10.5 Å². The Balaban J connectivity index is 3.27. The lowest BCUT2D eigenvalue weighted by Crippen LogP contribution is -2.37. The van der Waals surface area contributed by atoms with E-state index in [1.165, 1.54) is 38.1 Å². The number of amides is 1. The molecular formula is C13H20N2O4S. The van der Waals surface area contributed by atoms with E-state index in [2.05, 4.69) is 0 Å². The molecule has 0 radical (unpaired) electrons. The smallest absolute Gasteiger partial charge is 0.240 e. The van der Waals surface area contributed by atoms with Gasteiger partial charge in [0, 0.05) is 20.2 Å². The number of hydrogen-bond donors (Lipinski definition) is 1. The number of rotatable bonds is 5. The summed E-state index contributed by atoms with van der Waals surface area (Å²) in [6.45, 7) is 3.56. The van der Waals surface area contributed by atoms with E-state index >= 15 is 0 Å². The van der Waals surface area contributed by atoms with Crippen molar-refractivity contribution in [2.75, 3.05) is 26.4 Å². The molecule has 0 aliphatic rings. The molecule has 1 amide bonds. The Morgan fingerprint density at radius 1 is 1.40 bits per heavy atom. The molecule has 0 saturated carbocycles. The van der Waals surface area contributed by atoms with Crippen LogP contribution in [-0.4, -0.2) is 45.2 Å². The number of ether oxygens (including phenoxy) is 1. The van der Waals surface area contributed by atoms with E-state index < -0.39 is 21.0 Å². The van der Waals surface area contributed by atoms with Crippen LogP contribution in [0.2, 0.25) is 0 Å². The molecular weight excluding hydrogens is 280 g/mol. The number of nitrogen functional groups attached to an aromatic ring is 1. The number of carbonyl (C=O) groups is 1. The maximum atomic E-state index is 12.5. The van der Waals surface area contributed by atoms with Crippen LogP contribution in [0.3, 0.4) is 0 Å². The minimum absolute atomic E-state index is 0.0776. The SMILES string of the molecule is CCOc1ccc(N)c(S(=O)(=O)C(C)C(=O)N(C)C)c1. The van der Waals surface area contributed by atoms with Crippen LogP contribution in [0, 0.1) is 0 Å². The number of nitrogens with zero attached hydrogens (tertiary/aromatic N) is 1. The van der Waals surface area contributed by atoms with Gasteiger partial charge in [-0.05, 0) is 26.0 Å². The Morgan fingerprint density at radius 3 is 2.50 bits per heavy atom. The van der Waals surface area contributed by atoms with E-state index in [1.807, 2.05) is 0 Å². The molecule has 0 spiro atoms. The summed E-state index contributed by atoms with van der Waals surface area (Å²) in [6.07, 6.45) is 0. The number of anilines is 1. The molecule has 0 saturated heterocycles. The normalized spacial score (nSPS) is 12.8. The van der Waals surface area contributed by atoms with Crippen molar-refractivity contribution in [3.8, 4) is 5.75 Å². The first-order valence-electron chi connectivity index (χ1n) is 6.19. The lowest BCUT2D eigenvalue weighted by Gasteiger charge is -2.18. The second-order valence-electron chi connectivity index (χ2n) is 4.55. The summed E-state index contributed by atoms with van der Waals surface area (Å²) in [4.78, 5) is 13.0. The molecule has 1 unspecified atom stereocenters. The maximum Gasteiger partial charge on any atom is 0.240 e. The third-order valence-electron chi connectivity index (χ3n) is 2.86. The molecule has 1 atom stereocenters. The molecule has 0 bridgehead atoms. The van der Waals surface area contributed by atoms with Gasteiger partial charge in [0.05, 0.1) is 17.2 Å². The minimum atomic E-state index is -3.85. The van der Waals surface area contributed by atoms with Gasteiger partial charge in [0.2, 0.25) is 5.91 Å². The molecule has 7 heteroatoms. The Labute approximate surface area is 119 Å². The van der Waals surface area contributed by atoms with Crippen molar-refractivity contribution < 1.29 is 17.9 Å². The first-order chi connectivity index (χ1) is 9.21. The quantitative estimate of drug-likeness (QED) is 0.817. The van der Waals surface area contributed by atoms with Crippen molar-refractivity contribution >= 4 is 21.4 Å². The molecule has 6 nitrogen and oxygen atoms in total. The average Bonchev–Trinajstić information content (AvgIpc) is 2.39. The van der Waals surface area contributed by atoms with E-state index in [-0.39, 0.29) is 10.6 Å². The summed E-state index contributed by atoms with van der Waals surface area (Å²) in [5, 5.41) is -1.20. The van der Waals surface area contributed by atoms with Gasteiger partial charge in [-0.2, -0.15) is 0 Å². The van der Waals surface area contributed by atoms with Gasteiger partial charge in [-0.1, -0.05) is 0 Å². The zero-order valence-corrected chi connectivity index (χ0v) is 12.9. The largest absolute Gasteiger partial charge is 0.494 e. The number of nitrogens with two attached hydrogens (primary N) is 1. The predicted molar refractivity (Wildman–Crippen MR) is 77.4 cm³/mol. The fourth-order valence-corrected chi connectivity index (χ4v) is 3.24. The van der Waals surface area contributed by atoms with Crippen LogP contribution in [0.25, 0.3) is 0 Å². The number of benzene rings is 1. The summed E-state index contributed by atoms with van der Waals surface area (Å²) in [5.74, 6) is -0.0870. The zero-order chi connectivity index (χ0) is 15.5. The van der Waals surface area contributed by atoms with Gasteiger partial charge >= 0.3 is 0 Å². The van der Waals surface area contributed by atoms with Gasteiger partial charge < -0.3 is 15.4 Å². The van der Waals surface area contributed by atoms with Crippen molar-refractivity contribution in [1.29, 1.82) is 0 Å². The third-order valence-corrected chi connectivity index (χ3v) is 4.96. The molecule has 0 heterocycles. The molecule has 0 fully saturated rings. The van der Waals surface area contributed by atoms with Gasteiger partial charge in [-0.15, -0.1) is 0 Å². The minimum Gasteiger partial charge on any atom is -0.494 e. The van der Waals surface area contributed by atoms with Crippen LogP contribution >= 0.6 is 0 Å². The standard InChI is InChI=1S/C13H20N2O4S/c1-5-19-10-6-7-11(14)12(8-10)20(17,18)9(2)13(16)15(3)4/h6-9H,5,14H2,1-4H3. The van der Waals surface area contributed by atoms with Crippen LogP contribution in [0.15, 0.2) is 23.1 Å². The van der Waals surface area contributed by atoms with Crippen molar-refractivity contribution in [3.63, 3.8) is 0 Å². The fraction of sp³-hybridized carbons (Fsp3) is 0.462. The van der Waals surface area contributed by atoms with Gasteiger partial charge in [0.1, 0.15) is 11.0 Å². The second-order valence-corrected chi connectivity index (χ2v) is 6.79. The van der Waals surface area contributed by atoms with E-state index in [9.17, 15) is 13.2 Å². The van der Waals surface area contributed by atoms with Crippen molar-refractivity contribution in [2.45, 2.75) is 24.0 Å². The number of hydrogen-bond acceptors (Lipinski definition) is 5. The van der Waals surface area contributed by atoms with E-state index in [1.54, 1.807) is 13.0 Å². The molecule has 1 aromatic rings. The summed E-state index contributed by atoms with van der Waals surface area (Å²) < 4.78 is 30.2. The summed E-state index contributed by atoms with van der Waals surface area (Å²) in [7, 11) is -0.834. The van der Waals surface area contributed by atoms with Crippen LogP contribution in [0.5, 0.6) is 5.75 Å². The summed E-state index contributed by atoms with van der Waals surface area (Å²) in [5.41, 5.74) is 5.83. The lowest BCUT2D eigenvalue weighted by molar-refractivity contribution is -0.127. The van der Waals surface area contributed by atoms with E-state index in [0.29, 0.717) is 12.4 Å². The Hall–Kier alpha value is -1.76. The molecule has 1 rings (SSSR count). The van der Waals surface area contributed by atoms with Crippen molar-refractivity contribution in [2.24, 2.45) is 0 Å². The highest BCUT2D eigenvalue weighted by atomic mass is 32.2. The van der Waals surface area contributed by atoms with Gasteiger partial charge in [-0.25, -0.2) is 8.42 Å². The Bertz CT molecular complexity index is 596. The fourth-order valence-electron chi connectivity index (χ4n) is 1.70. The van der Waals surface area contributed by atoms with Gasteiger partial charge in [0.25, 0.3) is 0 Å². The first-order valence-corrected chi connectivity index (χ1v) is 7.73. The van der Waals surface area contributed by atoms with Crippen LogP contribution in [0.1, 0.15) is 13.8 Å². The van der Waals surface area contributed by atoms with Gasteiger partial charge in [-0.3, -0.25) is 4.79 Å². The second kappa shape index (κ2) is 6.13. The highest BCUT2D eigenvalue weighted by Gasteiger charge is 2.32. The topological polar surface area (TPSA) is 89.7 Å². The molecule has 0 aromatic heterocycles. The highest BCUT2D eigenvalue weighted by molar-refractivity contribution is 7.93. The third kappa shape index (κ3) is 3.22.